The first-order valence-corrected chi connectivity index (χ1v) is 9.95. The Morgan fingerprint density at radius 3 is 2.93 bits per heavy atom. The highest BCUT2D eigenvalue weighted by Crippen LogP contribution is 2.19. The predicted octanol–water partition coefficient (Wildman–Crippen LogP) is 2.86. The highest BCUT2D eigenvalue weighted by Gasteiger charge is 2.26. The van der Waals surface area contributed by atoms with E-state index in [-0.39, 0.29) is 6.03 Å². The van der Waals surface area contributed by atoms with Gasteiger partial charge in [0, 0.05) is 44.4 Å². The molecule has 2 aromatic rings. The van der Waals surface area contributed by atoms with Crippen LogP contribution in [-0.4, -0.2) is 55.9 Å². The van der Waals surface area contributed by atoms with Gasteiger partial charge in [-0.25, -0.2) is 4.79 Å². The van der Waals surface area contributed by atoms with Gasteiger partial charge >= 0.3 is 6.03 Å². The molecule has 0 radical (unpaired) electrons. The number of nitrogens with one attached hydrogen (secondary N) is 1. The second-order valence-electron chi connectivity index (χ2n) is 7.08. The highest BCUT2D eigenvalue weighted by molar-refractivity contribution is 5.74. The number of carbonyl (C=O) groups is 1. The number of nitrogens with zero attached hydrogens (tertiary/aromatic N) is 2. The quantitative estimate of drug-likeness (QED) is 0.622. The van der Waals surface area contributed by atoms with E-state index in [0.717, 1.165) is 24.1 Å². The van der Waals surface area contributed by atoms with Gasteiger partial charge < -0.3 is 24.4 Å². The number of likely N-dealkylation sites (tertiary alicyclic amines) is 1. The van der Waals surface area contributed by atoms with Gasteiger partial charge in [0.25, 0.3) is 0 Å². The maximum absolute atomic E-state index is 12.5. The zero-order valence-electron chi connectivity index (χ0n) is 16.9. The van der Waals surface area contributed by atoms with E-state index in [0.29, 0.717) is 51.2 Å². The second-order valence-corrected chi connectivity index (χ2v) is 7.08. The van der Waals surface area contributed by atoms with Gasteiger partial charge in [-0.1, -0.05) is 30.3 Å². The monoisotopic (exact) mass is 399 g/mol. The van der Waals surface area contributed by atoms with Crippen LogP contribution in [-0.2, 0) is 22.6 Å². The SMILES string of the molecule is COCCOCC1CCN(C(=O)NCc2ccncc2OCc2ccccc2)C1. The Kier molecular flexibility index (Phi) is 8.27. The number of methoxy groups -OCH3 is 1. The lowest BCUT2D eigenvalue weighted by Gasteiger charge is -2.18. The molecule has 1 fully saturated rings. The van der Waals surface area contributed by atoms with E-state index in [1.54, 1.807) is 19.5 Å². The first kappa shape index (κ1) is 21.1. The standard InChI is InChI=1S/C22H29N3O4/c1-27-11-12-28-16-19-8-10-25(15-19)22(26)24-13-20-7-9-23-14-21(20)29-17-18-5-3-2-4-6-18/h2-7,9,14,19H,8,10-13,15-17H2,1H3,(H,24,26). The van der Waals surface area contributed by atoms with Crippen molar-refractivity contribution in [3.63, 3.8) is 0 Å². The van der Waals surface area contributed by atoms with Crippen molar-refractivity contribution in [1.29, 1.82) is 0 Å². The van der Waals surface area contributed by atoms with Crippen LogP contribution in [0.25, 0.3) is 0 Å². The molecular weight excluding hydrogens is 370 g/mol. The minimum Gasteiger partial charge on any atom is -0.487 e. The molecule has 2 heterocycles. The van der Waals surface area contributed by atoms with E-state index in [2.05, 4.69) is 10.3 Å². The van der Waals surface area contributed by atoms with Crippen molar-refractivity contribution in [2.75, 3.05) is 40.0 Å². The summed E-state index contributed by atoms with van der Waals surface area (Å²) in [4.78, 5) is 18.5. The van der Waals surface area contributed by atoms with Crippen molar-refractivity contribution in [2.24, 2.45) is 5.92 Å². The molecule has 3 rings (SSSR count). The number of amides is 2. The van der Waals surface area contributed by atoms with Gasteiger partial charge in [-0.3, -0.25) is 4.98 Å². The van der Waals surface area contributed by atoms with E-state index >= 15 is 0 Å². The molecular formula is C22H29N3O4. The number of carbonyl (C=O) groups excluding carboxylic acids is 1. The Morgan fingerprint density at radius 1 is 1.24 bits per heavy atom. The Labute approximate surface area is 172 Å². The molecule has 0 bridgehead atoms. The molecule has 7 nitrogen and oxygen atoms in total. The first-order chi connectivity index (χ1) is 14.3. The van der Waals surface area contributed by atoms with Crippen molar-refractivity contribution >= 4 is 6.03 Å². The number of hydrogen-bond acceptors (Lipinski definition) is 5. The molecule has 1 aliphatic heterocycles. The number of rotatable bonds is 10. The van der Waals surface area contributed by atoms with Crippen LogP contribution < -0.4 is 10.1 Å². The summed E-state index contributed by atoms with van der Waals surface area (Å²) in [6, 6.07) is 11.8. The van der Waals surface area contributed by atoms with Gasteiger partial charge in [0.05, 0.1) is 26.0 Å². The van der Waals surface area contributed by atoms with Gasteiger partial charge in [0.1, 0.15) is 12.4 Å². The molecule has 2 amide bonds. The van der Waals surface area contributed by atoms with E-state index < -0.39 is 0 Å². The third-order valence-electron chi connectivity index (χ3n) is 4.90. The van der Waals surface area contributed by atoms with E-state index in [9.17, 15) is 4.79 Å². The van der Waals surface area contributed by atoms with E-state index in [1.807, 2.05) is 41.3 Å². The van der Waals surface area contributed by atoms with Crippen LogP contribution in [0.1, 0.15) is 17.5 Å². The topological polar surface area (TPSA) is 72.9 Å². The fourth-order valence-corrected chi connectivity index (χ4v) is 3.25. The molecule has 1 saturated heterocycles. The lowest BCUT2D eigenvalue weighted by molar-refractivity contribution is 0.0532. The van der Waals surface area contributed by atoms with Crippen molar-refractivity contribution < 1.29 is 19.0 Å². The maximum Gasteiger partial charge on any atom is 0.317 e. The van der Waals surface area contributed by atoms with Crippen molar-refractivity contribution in [1.82, 2.24) is 15.2 Å². The zero-order chi connectivity index (χ0) is 20.3. The van der Waals surface area contributed by atoms with Crippen LogP contribution in [0.2, 0.25) is 0 Å². The van der Waals surface area contributed by atoms with Crippen molar-refractivity contribution in [3.8, 4) is 5.75 Å². The van der Waals surface area contributed by atoms with Crippen LogP contribution in [0.15, 0.2) is 48.8 Å². The molecule has 0 saturated carbocycles. The third kappa shape index (κ3) is 6.73. The molecule has 1 N–H and O–H groups in total. The van der Waals surface area contributed by atoms with Crippen molar-refractivity contribution in [3.05, 3.63) is 59.9 Å². The first-order valence-electron chi connectivity index (χ1n) is 9.95. The highest BCUT2D eigenvalue weighted by atomic mass is 16.5. The fourth-order valence-electron chi connectivity index (χ4n) is 3.25. The van der Waals surface area contributed by atoms with Crippen LogP contribution in [0.3, 0.4) is 0 Å². The zero-order valence-corrected chi connectivity index (χ0v) is 16.9. The largest absolute Gasteiger partial charge is 0.487 e. The number of urea groups is 1. The Hall–Kier alpha value is -2.64. The van der Waals surface area contributed by atoms with Gasteiger partial charge in [-0.2, -0.15) is 0 Å². The van der Waals surface area contributed by atoms with Crippen LogP contribution in [0, 0.1) is 5.92 Å². The normalized spacial score (nSPS) is 16.0. The summed E-state index contributed by atoms with van der Waals surface area (Å²) >= 11 is 0. The van der Waals surface area contributed by atoms with E-state index in [4.69, 9.17) is 14.2 Å². The van der Waals surface area contributed by atoms with Crippen LogP contribution in [0.5, 0.6) is 5.75 Å². The number of hydrogen-bond donors (Lipinski definition) is 1. The maximum atomic E-state index is 12.5. The molecule has 1 aromatic heterocycles. The Bertz CT molecular complexity index is 757. The summed E-state index contributed by atoms with van der Waals surface area (Å²) in [7, 11) is 1.66. The van der Waals surface area contributed by atoms with Crippen LogP contribution in [0.4, 0.5) is 4.79 Å². The summed E-state index contributed by atoms with van der Waals surface area (Å²) in [5, 5.41) is 2.99. The molecule has 1 aromatic carbocycles. The van der Waals surface area contributed by atoms with Crippen molar-refractivity contribution in [2.45, 2.75) is 19.6 Å². The smallest absolute Gasteiger partial charge is 0.317 e. The van der Waals surface area contributed by atoms with Gasteiger partial charge in [0.2, 0.25) is 0 Å². The summed E-state index contributed by atoms with van der Waals surface area (Å²) in [5.74, 6) is 1.06. The van der Waals surface area contributed by atoms with Gasteiger partial charge in [-0.15, -0.1) is 0 Å². The molecule has 1 unspecified atom stereocenters. The third-order valence-corrected chi connectivity index (χ3v) is 4.90. The Balaban J connectivity index is 1.44. The average Bonchev–Trinajstić information content (AvgIpc) is 3.24. The number of aromatic nitrogens is 1. The number of pyridine rings is 1. The fraction of sp³-hybridized carbons (Fsp3) is 0.455. The molecule has 7 heteroatoms. The van der Waals surface area contributed by atoms with Gasteiger partial charge in [-0.05, 0) is 18.1 Å². The summed E-state index contributed by atoms with van der Waals surface area (Å²) in [6.07, 6.45) is 4.36. The summed E-state index contributed by atoms with van der Waals surface area (Å²) in [5.41, 5.74) is 1.99. The molecule has 0 aliphatic carbocycles. The summed E-state index contributed by atoms with van der Waals surface area (Å²) < 4.78 is 16.5. The molecule has 1 aliphatic rings. The molecule has 156 valence electrons. The minimum atomic E-state index is -0.0600. The predicted molar refractivity (Wildman–Crippen MR) is 110 cm³/mol. The minimum absolute atomic E-state index is 0.0600. The average molecular weight is 399 g/mol. The lowest BCUT2D eigenvalue weighted by Crippen LogP contribution is -2.38. The lowest BCUT2D eigenvalue weighted by atomic mass is 10.1. The second kappa shape index (κ2) is 11.4. The van der Waals surface area contributed by atoms with Crippen LogP contribution >= 0.6 is 0 Å². The molecule has 1 atom stereocenters. The number of ether oxygens (including phenoxy) is 3. The molecule has 0 spiro atoms. The summed E-state index contributed by atoms with van der Waals surface area (Å²) in [6.45, 7) is 4.17. The van der Waals surface area contributed by atoms with E-state index in [1.165, 1.54) is 0 Å². The van der Waals surface area contributed by atoms with Gasteiger partial charge in [0.15, 0.2) is 0 Å². The molecule has 29 heavy (non-hydrogen) atoms. The Morgan fingerprint density at radius 2 is 2.10 bits per heavy atom. The number of benzene rings is 1.